The largest absolute Gasteiger partial charge is 0.507 e. The molecule has 1 aliphatic rings. The summed E-state index contributed by atoms with van der Waals surface area (Å²) in [5, 5.41) is 11.3. The van der Waals surface area contributed by atoms with Crippen molar-refractivity contribution in [1.29, 1.82) is 0 Å². The molecule has 1 atom stereocenters. The number of carbonyl (C=O) groups excluding carboxylic acids is 2. The minimum absolute atomic E-state index is 0.0635. The smallest absolute Gasteiger partial charge is 0.295 e. The summed E-state index contributed by atoms with van der Waals surface area (Å²) in [7, 11) is 3.01. The molecule has 0 aliphatic carbocycles. The summed E-state index contributed by atoms with van der Waals surface area (Å²) < 4.78 is 10.7. The fraction of sp³-hybridized carbons (Fsp3) is 0.385. The molecule has 1 aliphatic heterocycles. The summed E-state index contributed by atoms with van der Waals surface area (Å²) in [6, 6.07) is 11.9. The van der Waals surface area contributed by atoms with Crippen LogP contribution in [0.2, 0.25) is 0 Å². The van der Waals surface area contributed by atoms with Crippen molar-refractivity contribution in [2.45, 2.75) is 26.8 Å². The second-order valence-corrected chi connectivity index (χ2v) is 8.00. The number of aliphatic hydroxyl groups is 1. The summed E-state index contributed by atoms with van der Waals surface area (Å²) in [6.07, 6.45) is 0. The van der Waals surface area contributed by atoms with Crippen LogP contribution in [0.3, 0.4) is 0 Å². The number of nitrogens with zero attached hydrogens (tertiary/aromatic N) is 2. The summed E-state index contributed by atoms with van der Waals surface area (Å²) in [5.74, 6) is -0.661. The quantitative estimate of drug-likeness (QED) is 0.354. The van der Waals surface area contributed by atoms with E-state index in [0.717, 1.165) is 24.2 Å². The molecule has 1 heterocycles. The molecule has 7 nitrogen and oxygen atoms in total. The highest BCUT2D eigenvalue weighted by Crippen LogP contribution is 2.41. The molecular formula is C26H32N2O5. The molecule has 0 spiro atoms. The molecule has 176 valence electrons. The molecule has 1 N–H and O–H groups in total. The Labute approximate surface area is 195 Å². The lowest BCUT2D eigenvalue weighted by molar-refractivity contribution is -0.140. The SMILES string of the molecule is CCN(CC)CCN1C(=O)C(=O)/C(=C(\O)c2ccc(OC)cc2OC)C1c1cccc(C)c1. The first kappa shape index (κ1) is 24.3. The second kappa shape index (κ2) is 10.5. The standard InChI is InChI=1S/C26H32N2O5/c1-6-27(7-2)13-14-28-23(18-10-8-9-17(3)15-18)22(25(30)26(28)31)24(29)20-12-11-19(32-4)16-21(20)33-5/h8-12,15-16,23,29H,6-7,13-14H2,1-5H3/b24-22-. The number of rotatable bonds is 9. The fourth-order valence-corrected chi connectivity index (χ4v) is 4.23. The highest BCUT2D eigenvalue weighted by molar-refractivity contribution is 6.46. The maximum absolute atomic E-state index is 13.2. The number of likely N-dealkylation sites (N-methyl/N-ethyl adjacent to an activating group) is 1. The third-order valence-electron chi connectivity index (χ3n) is 6.11. The van der Waals surface area contributed by atoms with Crippen LogP contribution in [0.5, 0.6) is 11.5 Å². The van der Waals surface area contributed by atoms with Gasteiger partial charge in [0.1, 0.15) is 17.3 Å². The predicted molar refractivity (Wildman–Crippen MR) is 128 cm³/mol. The molecule has 1 amide bonds. The van der Waals surface area contributed by atoms with Gasteiger partial charge in [-0.15, -0.1) is 0 Å². The molecule has 2 aromatic rings. The van der Waals surface area contributed by atoms with Crippen LogP contribution < -0.4 is 9.47 Å². The van der Waals surface area contributed by atoms with E-state index in [1.807, 2.05) is 31.2 Å². The molecule has 0 aromatic heterocycles. The second-order valence-electron chi connectivity index (χ2n) is 8.00. The van der Waals surface area contributed by atoms with E-state index in [1.54, 1.807) is 23.1 Å². The highest BCUT2D eigenvalue weighted by atomic mass is 16.5. The van der Waals surface area contributed by atoms with Gasteiger partial charge >= 0.3 is 0 Å². The molecular weight excluding hydrogens is 420 g/mol. The number of methoxy groups -OCH3 is 2. The maximum Gasteiger partial charge on any atom is 0.295 e. The minimum atomic E-state index is -0.698. The van der Waals surface area contributed by atoms with Crippen molar-refractivity contribution < 1.29 is 24.2 Å². The Balaban J connectivity index is 2.15. The van der Waals surface area contributed by atoms with Gasteiger partial charge in [0.25, 0.3) is 11.7 Å². The zero-order valence-corrected chi connectivity index (χ0v) is 19.9. The molecule has 2 aromatic carbocycles. The van der Waals surface area contributed by atoms with Gasteiger partial charge in [0, 0.05) is 19.2 Å². The van der Waals surface area contributed by atoms with E-state index in [9.17, 15) is 14.7 Å². The van der Waals surface area contributed by atoms with Crippen LogP contribution in [-0.4, -0.2) is 67.0 Å². The zero-order valence-electron chi connectivity index (χ0n) is 19.9. The maximum atomic E-state index is 13.2. The number of aliphatic hydroxyl groups excluding tert-OH is 1. The molecule has 7 heteroatoms. The van der Waals surface area contributed by atoms with Gasteiger partial charge in [0.05, 0.1) is 31.4 Å². The van der Waals surface area contributed by atoms with Crippen molar-refractivity contribution in [3.05, 3.63) is 64.7 Å². The normalized spacial score (nSPS) is 17.6. The van der Waals surface area contributed by atoms with Crippen LogP contribution in [-0.2, 0) is 9.59 Å². The Morgan fingerprint density at radius 1 is 1.06 bits per heavy atom. The number of likely N-dealkylation sites (tertiary alicyclic amines) is 1. The van der Waals surface area contributed by atoms with E-state index in [2.05, 4.69) is 18.7 Å². The van der Waals surface area contributed by atoms with Crippen LogP contribution in [0.1, 0.15) is 36.6 Å². The Morgan fingerprint density at radius 2 is 1.79 bits per heavy atom. The number of hydrogen-bond acceptors (Lipinski definition) is 6. The predicted octanol–water partition coefficient (Wildman–Crippen LogP) is 3.78. The number of ether oxygens (including phenoxy) is 2. The van der Waals surface area contributed by atoms with E-state index in [0.29, 0.717) is 30.2 Å². The lowest BCUT2D eigenvalue weighted by Gasteiger charge is -2.28. The first-order valence-electron chi connectivity index (χ1n) is 11.2. The van der Waals surface area contributed by atoms with Crippen molar-refractivity contribution in [2.24, 2.45) is 0 Å². The lowest BCUT2D eigenvalue weighted by Crippen LogP contribution is -2.38. The van der Waals surface area contributed by atoms with Gasteiger partial charge in [-0.3, -0.25) is 9.59 Å². The van der Waals surface area contributed by atoms with E-state index in [4.69, 9.17) is 9.47 Å². The van der Waals surface area contributed by atoms with Crippen molar-refractivity contribution in [3.63, 3.8) is 0 Å². The third-order valence-corrected chi connectivity index (χ3v) is 6.11. The van der Waals surface area contributed by atoms with Gasteiger partial charge in [-0.1, -0.05) is 43.7 Å². The average molecular weight is 453 g/mol. The van der Waals surface area contributed by atoms with E-state index in [1.165, 1.54) is 14.2 Å². The number of Topliss-reactive ketones (excluding diaryl/α,β-unsaturated/α-hetero) is 1. The highest BCUT2D eigenvalue weighted by Gasteiger charge is 2.46. The minimum Gasteiger partial charge on any atom is -0.507 e. The van der Waals surface area contributed by atoms with Crippen LogP contribution in [0.25, 0.3) is 5.76 Å². The number of ketones is 1. The van der Waals surface area contributed by atoms with Gasteiger partial charge in [-0.2, -0.15) is 0 Å². The summed E-state index contributed by atoms with van der Waals surface area (Å²) in [4.78, 5) is 30.1. The number of amides is 1. The molecule has 3 rings (SSSR count). The number of aryl methyl sites for hydroxylation is 1. The van der Waals surface area contributed by atoms with Crippen LogP contribution >= 0.6 is 0 Å². The van der Waals surface area contributed by atoms with Gasteiger partial charge in [-0.25, -0.2) is 0 Å². The topological polar surface area (TPSA) is 79.3 Å². The third kappa shape index (κ3) is 4.88. The van der Waals surface area contributed by atoms with E-state index in [-0.39, 0.29) is 11.3 Å². The van der Waals surface area contributed by atoms with Crippen molar-refractivity contribution in [2.75, 3.05) is 40.4 Å². The Hall–Kier alpha value is -3.32. The molecule has 0 saturated carbocycles. The summed E-state index contributed by atoms with van der Waals surface area (Å²) in [5.41, 5.74) is 2.18. The average Bonchev–Trinajstić information content (AvgIpc) is 3.08. The van der Waals surface area contributed by atoms with Crippen molar-refractivity contribution >= 4 is 17.4 Å². The van der Waals surface area contributed by atoms with Gasteiger partial charge in [0.2, 0.25) is 0 Å². The summed E-state index contributed by atoms with van der Waals surface area (Å²) in [6.45, 7) is 8.78. The van der Waals surface area contributed by atoms with E-state index < -0.39 is 17.7 Å². The van der Waals surface area contributed by atoms with Crippen LogP contribution in [0, 0.1) is 6.92 Å². The fourth-order valence-electron chi connectivity index (χ4n) is 4.23. The van der Waals surface area contributed by atoms with Crippen LogP contribution in [0.15, 0.2) is 48.0 Å². The van der Waals surface area contributed by atoms with Crippen molar-refractivity contribution in [3.8, 4) is 11.5 Å². The van der Waals surface area contributed by atoms with Crippen molar-refractivity contribution in [1.82, 2.24) is 9.80 Å². The van der Waals surface area contributed by atoms with Gasteiger partial charge in [-0.05, 0) is 37.7 Å². The first-order chi connectivity index (χ1) is 15.9. The van der Waals surface area contributed by atoms with Gasteiger partial charge < -0.3 is 24.4 Å². The Morgan fingerprint density at radius 3 is 2.39 bits per heavy atom. The zero-order chi connectivity index (χ0) is 24.1. The molecule has 0 radical (unpaired) electrons. The van der Waals surface area contributed by atoms with Gasteiger partial charge in [0.15, 0.2) is 0 Å². The summed E-state index contributed by atoms with van der Waals surface area (Å²) >= 11 is 0. The molecule has 1 fully saturated rings. The molecule has 0 bridgehead atoms. The number of benzene rings is 2. The lowest BCUT2D eigenvalue weighted by atomic mass is 9.94. The van der Waals surface area contributed by atoms with E-state index >= 15 is 0 Å². The molecule has 1 unspecified atom stereocenters. The molecule has 1 saturated heterocycles. The Kier molecular flexibility index (Phi) is 7.76. The first-order valence-corrected chi connectivity index (χ1v) is 11.2. The van der Waals surface area contributed by atoms with Crippen LogP contribution in [0.4, 0.5) is 0 Å². The Bertz CT molecular complexity index is 1060. The number of hydrogen-bond donors (Lipinski definition) is 1. The monoisotopic (exact) mass is 452 g/mol. The molecule has 33 heavy (non-hydrogen) atoms. The number of carbonyl (C=O) groups is 2.